The number of hydrogen-bond donors (Lipinski definition) is 3. The summed E-state index contributed by atoms with van der Waals surface area (Å²) in [6.07, 6.45) is 0.746. The maximum absolute atomic E-state index is 9.78. The first-order chi connectivity index (χ1) is 15.0. The van der Waals surface area contributed by atoms with Crippen LogP contribution in [0.15, 0.2) is 63.8 Å². The second-order valence-electron chi connectivity index (χ2n) is 6.68. The van der Waals surface area contributed by atoms with E-state index in [1.807, 2.05) is 56.4 Å². The lowest BCUT2D eigenvalue weighted by Gasteiger charge is -2.12. The lowest BCUT2D eigenvalue weighted by molar-refractivity contribution is 0.0928. The molecule has 4 aromatic rings. The normalized spacial score (nSPS) is 12.0. The number of hydrogen-bond acceptors (Lipinski definition) is 9. The Balaban J connectivity index is 1.64. The first-order valence-corrected chi connectivity index (χ1v) is 11.1. The van der Waals surface area contributed by atoms with Crippen molar-refractivity contribution in [1.82, 2.24) is 19.7 Å². The fourth-order valence-corrected chi connectivity index (χ4v) is 4.36. The molecule has 0 saturated carbocycles. The van der Waals surface area contributed by atoms with Crippen LogP contribution in [0.4, 0.5) is 10.9 Å². The summed E-state index contributed by atoms with van der Waals surface area (Å²) in [5, 5.41) is 28.6. The highest BCUT2D eigenvalue weighted by molar-refractivity contribution is 7.99. The van der Waals surface area contributed by atoms with E-state index >= 15 is 0 Å². The summed E-state index contributed by atoms with van der Waals surface area (Å²) in [7, 11) is 1.81. The minimum Gasteiger partial charge on any atom is -0.435 e. The number of pyridine rings is 1. The van der Waals surface area contributed by atoms with Gasteiger partial charge in [-0.2, -0.15) is 5.10 Å². The number of benzene rings is 1. The molecule has 0 bridgehead atoms. The van der Waals surface area contributed by atoms with Gasteiger partial charge >= 0.3 is 0 Å². The number of rotatable bonds is 8. The highest BCUT2D eigenvalue weighted by atomic mass is 32.2. The van der Waals surface area contributed by atoms with E-state index in [0.717, 1.165) is 15.5 Å². The molecule has 3 aromatic heterocycles. The Kier molecular flexibility index (Phi) is 6.52. The van der Waals surface area contributed by atoms with Crippen LogP contribution in [0.1, 0.15) is 17.5 Å². The number of nitrogens with zero attached hydrogens (tertiary/aromatic N) is 4. The molecule has 0 fully saturated rings. The van der Waals surface area contributed by atoms with Crippen molar-refractivity contribution in [3.8, 4) is 11.6 Å². The van der Waals surface area contributed by atoms with Gasteiger partial charge in [0.15, 0.2) is 16.7 Å². The van der Waals surface area contributed by atoms with Crippen molar-refractivity contribution in [2.75, 3.05) is 11.9 Å². The number of aliphatic hydroxyl groups is 2. The molecule has 3 heterocycles. The van der Waals surface area contributed by atoms with Gasteiger partial charge in [0, 0.05) is 40.5 Å². The van der Waals surface area contributed by atoms with Crippen LogP contribution in [0, 0.1) is 6.92 Å². The van der Waals surface area contributed by atoms with Crippen LogP contribution < -0.4 is 10.1 Å². The monoisotopic (exact) mass is 455 g/mol. The fraction of sp³-hybridized carbons (Fsp3) is 0.190. The summed E-state index contributed by atoms with van der Waals surface area (Å²) in [5.74, 6) is 1.58. The molecule has 0 aliphatic carbocycles. The summed E-state index contributed by atoms with van der Waals surface area (Å²) in [6.45, 7) is 1.51. The van der Waals surface area contributed by atoms with Gasteiger partial charge in [-0.3, -0.25) is 0 Å². The van der Waals surface area contributed by atoms with Gasteiger partial charge < -0.3 is 20.3 Å². The predicted molar refractivity (Wildman–Crippen MR) is 120 cm³/mol. The molecular weight excluding hydrogens is 434 g/mol. The Bertz CT molecular complexity index is 1160. The standard InChI is InChI=1S/C21H21N5O3S2/c1-13-8-19(26(2)25-13)29-18-9-15(31-14-6-4-3-5-7-14)10-22-20(18)24-21-23-16(12-30-21)17(28)11-27/h3-10,12,17,27-28H,11H2,1-2H3,(H,22,23,24). The van der Waals surface area contributed by atoms with Crippen molar-refractivity contribution in [2.45, 2.75) is 22.8 Å². The van der Waals surface area contributed by atoms with Gasteiger partial charge in [0.05, 0.1) is 18.0 Å². The molecule has 1 aromatic carbocycles. The van der Waals surface area contributed by atoms with Gasteiger partial charge in [-0.15, -0.1) is 11.3 Å². The third-order valence-corrected chi connectivity index (χ3v) is 5.98. The minimum atomic E-state index is -1.02. The van der Waals surface area contributed by atoms with Crippen LogP contribution in [0.5, 0.6) is 11.6 Å². The molecule has 10 heteroatoms. The average molecular weight is 456 g/mol. The Labute approximate surface area is 187 Å². The molecule has 1 atom stereocenters. The lowest BCUT2D eigenvalue weighted by atomic mass is 10.3. The van der Waals surface area contributed by atoms with E-state index in [0.29, 0.717) is 28.3 Å². The van der Waals surface area contributed by atoms with Crippen LogP contribution in [-0.2, 0) is 7.05 Å². The van der Waals surface area contributed by atoms with Crippen molar-refractivity contribution < 1.29 is 14.9 Å². The van der Waals surface area contributed by atoms with E-state index in [2.05, 4.69) is 20.4 Å². The summed E-state index contributed by atoms with van der Waals surface area (Å²) < 4.78 is 7.80. The number of aromatic nitrogens is 4. The van der Waals surface area contributed by atoms with E-state index in [-0.39, 0.29) is 6.61 Å². The molecule has 160 valence electrons. The predicted octanol–water partition coefficient (Wildman–Crippen LogP) is 4.29. The number of aryl methyl sites for hydroxylation is 2. The maximum atomic E-state index is 9.78. The van der Waals surface area contributed by atoms with Crippen LogP contribution >= 0.6 is 23.1 Å². The highest BCUT2D eigenvalue weighted by Crippen LogP contribution is 2.36. The van der Waals surface area contributed by atoms with Crippen LogP contribution in [0.25, 0.3) is 0 Å². The molecule has 1 unspecified atom stereocenters. The SMILES string of the molecule is Cc1cc(Oc2cc(Sc3ccccc3)cnc2Nc2nc(C(O)CO)cs2)n(C)n1. The van der Waals surface area contributed by atoms with Crippen molar-refractivity contribution in [3.63, 3.8) is 0 Å². The van der Waals surface area contributed by atoms with E-state index in [1.165, 1.54) is 11.3 Å². The van der Waals surface area contributed by atoms with Gasteiger partial charge in [-0.05, 0) is 19.1 Å². The quantitative estimate of drug-likeness (QED) is 0.361. The maximum Gasteiger partial charge on any atom is 0.217 e. The van der Waals surface area contributed by atoms with Crippen molar-refractivity contribution >= 4 is 34.0 Å². The van der Waals surface area contributed by atoms with Gasteiger partial charge in [-0.25, -0.2) is 14.6 Å². The molecular formula is C21H21N5O3S2. The van der Waals surface area contributed by atoms with Gasteiger partial charge in [0.2, 0.25) is 5.88 Å². The van der Waals surface area contributed by atoms with E-state index in [1.54, 1.807) is 28.0 Å². The molecule has 0 amide bonds. The number of nitrogens with one attached hydrogen (secondary N) is 1. The van der Waals surface area contributed by atoms with Crippen molar-refractivity contribution in [3.05, 3.63) is 65.4 Å². The first kappa shape index (κ1) is 21.3. The van der Waals surface area contributed by atoms with E-state index < -0.39 is 6.10 Å². The van der Waals surface area contributed by atoms with E-state index in [4.69, 9.17) is 9.84 Å². The van der Waals surface area contributed by atoms with Crippen molar-refractivity contribution in [1.29, 1.82) is 0 Å². The number of ether oxygens (including phenoxy) is 1. The molecule has 0 spiro atoms. The zero-order valence-electron chi connectivity index (χ0n) is 16.9. The Morgan fingerprint density at radius 3 is 2.74 bits per heavy atom. The third-order valence-electron chi connectivity index (χ3n) is 4.24. The summed E-state index contributed by atoms with van der Waals surface area (Å²) in [4.78, 5) is 10.9. The lowest BCUT2D eigenvalue weighted by Crippen LogP contribution is -2.03. The van der Waals surface area contributed by atoms with Gasteiger partial charge in [-0.1, -0.05) is 30.0 Å². The van der Waals surface area contributed by atoms with Crippen LogP contribution in [0.2, 0.25) is 0 Å². The molecule has 4 rings (SSSR count). The largest absolute Gasteiger partial charge is 0.435 e. The molecule has 3 N–H and O–H groups in total. The zero-order chi connectivity index (χ0) is 21.8. The van der Waals surface area contributed by atoms with E-state index in [9.17, 15) is 5.11 Å². The molecule has 8 nitrogen and oxygen atoms in total. The Hall–Kier alpha value is -2.92. The molecule has 31 heavy (non-hydrogen) atoms. The second-order valence-corrected chi connectivity index (χ2v) is 8.69. The Morgan fingerprint density at radius 1 is 1.23 bits per heavy atom. The summed E-state index contributed by atoms with van der Waals surface area (Å²) in [6, 6.07) is 13.8. The number of anilines is 2. The molecule has 0 aliphatic rings. The first-order valence-electron chi connectivity index (χ1n) is 9.44. The molecule has 0 aliphatic heterocycles. The smallest absolute Gasteiger partial charge is 0.217 e. The van der Waals surface area contributed by atoms with Gasteiger partial charge in [0.1, 0.15) is 6.10 Å². The highest BCUT2D eigenvalue weighted by Gasteiger charge is 2.16. The minimum absolute atomic E-state index is 0.388. The second kappa shape index (κ2) is 9.48. The average Bonchev–Trinajstić information content (AvgIpc) is 3.36. The number of thiazole rings is 1. The van der Waals surface area contributed by atoms with Crippen LogP contribution in [0.3, 0.4) is 0 Å². The van der Waals surface area contributed by atoms with Crippen molar-refractivity contribution in [2.24, 2.45) is 7.05 Å². The zero-order valence-corrected chi connectivity index (χ0v) is 18.5. The molecule has 0 saturated heterocycles. The summed E-state index contributed by atoms with van der Waals surface area (Å²) in [5.41, 5.74) is 1.24. The summed E-state index contributed by atoms with van der Waals surface area (Å²) >= 11 is 2.89. The Morgan fingerprint density at radius 2 is 2.03 bits per heavy atom. The van der Waals surface area contributed by atoms with Crippen LogP contribution in [-0.4, -0.2) is 36.6 Å². The fourth-order valence-electron chi connectivity index (χ4n) is 2.77. The third kappa shape index (κ3) is 5.23. The topological polar surface area (TPSA) is 105 Å². The van der Waals surface area contributed by atoms with Gasteiger partial charge in [0.25, 0.3) is 0 Å². The number of aliphatic hydroxyl groups excluding tert-OH is 2. The molecule has 0 radical (unpaired) electrons.